The molecule has 8 nitrogen and oxygen atoms in total. The second-order valence-electron chi connectivity index (χ2n) is 6.25. The van der Waals surface area contributed by atoms with Gasteiger partial charge in [-0.25, -0.2) is 4.79 Å². The summed E-state index contributed by atoms with van der Waals surface area (Å²) in [6, 6.07) is 3.58. The summed E-state index contributed by atoms with van der Waals surface area (Å²) in [6.07, 6.45) is 1.23. The molecule has 5 N–H and O–H groups in total. The average Bonchev–Trinajstić information content (AvgIpc) is 3.04. The Bertz CT molecular complexity index is 644. The van der Waals surface area contributed by atoms with Crippen LogP contribution in [0.15, 0.2) is 24.3 Å². The first kappa shape index (κ1) is 18.7. The number of hydrogen-bond donors (Lipinski definition) is 4. The Morgan fingerprint density at radius 2 is 1.96 bits per heavy atom. The van der Waals surface area contributed by atoms with Gasteiger partial charge in [-0.2, -0.15) is 0 Å². The highest BCUT2D eigenvalue weighted by Crippen LogP contribution is 2.19. The number of phenolic OH excluding ortho intramolecular Hbond substituents is 1. The van der Waals surface area contributed by atoms with Gasteiger partial charge in [-0.05, 0) is 37.5 Å². The minimum absolute atomic E-state index is 0.0787. The van der Waals surface area contributed by atoms with Gasteiger partial charge < -0.3 is 26.2 Å². The molecule has 0 aromatic heterocycles. The monoisotopic (exact) mass is 349 g/mol. The quantitative estimate of drug-likeness (QED) is 0.564. The van der Waals surface area contributed by atoms with Gasteiger partial charge in [-0.1, -0.05) is 12.1 Å². The van der Waals surface area contributed by atoms with Crippen molar-refractivity contribution in [3.8, 4) is 5.75 Å². The van der Waals surface area contributed by atoms with Crippen LogP contribution in [-0.4, -0.2) is 57.6 Å². The van der Waals surface area contributed by atoms with Crippen molar-refractivity contribution in [1.82, 2.24) is 10.2 Å². The summed E-state index contributed by atoms with van der Waals surface area (Å²) in [6.45, 7) is 1.99. The summed E-state index contributed by atoms with van der Waals surface area (Å²) in [5, 5.41) is 21.2. The van der Waals surface area contributed by atoms with Crippen molar-refractivity contribution in [2.24, 2.45) is 5.73 Å². The van der Waals surface area contributed by atoms with Gasteiger partial charge >= 0.3 is 5.97 Å². The summed E-state index contributed by atoms with van der Waals surface area (Å²) in [5.74, 6) is -1.89. The van der Waals surface area contributed by atoms with Crippen LogP contribution in [0.4, 0.5) is 0 Å². The van der Waals surface area contributed by atoms with Crippen LogP contribution in [0.5, 0.6) is 5.75 Å². The van der Waals surface area contributed by atoms with E-state index in [9.17, 15) is 24.6 Å². The number of carbonyl (C=O) groups excluding carboxylic acids is 2. The highest BCUT2D eigenvalue weighted by molar-refractivity contribution is 5.92. The third kappa shape index (κ3) is 4.69. The maximum Gasteiger partial charge on any atom is 0.326 e. The van der Waals surface area contributed by atoms with E-state index in [0.717, 1.165) is 0 Å². The fourth-order valence-electron chi connectivity index (χ4n) is 2.90. The summed E-state index contributed by atoms with van der Waals surface area (Å²) in [4.78, 5) is 37.5. The fraction of sp³-hybridized carbons (Fsp3) is 0.471. The third-order valence-electron chi connectivity index (χ3n) is 4.22. The number of nitrogens with one attached hydrogen (secondary N) is 1. The molecule has 3 atom stereocenters. The molecule has 1 heterocycles. The lowest BCUT2D eigenvalue weighted by molar-refractivity contribution is -0.144. The first-order valence-electron chi connectivity index (χ1n) is 8.16. The predicted octanol–water partition coefficient (Wildman–Crippen LogP) is -0.158. The number of aromatic hydroxyl groups is 1. The zero-order valence-electron chi connectivity index (χ0n) is 14.0. The highest BCUT2D eigenvalue weighted by Gasteiger charge is 2.36. The van der Waals surface area contributed by atoms with Crippen LogP contribution < -0.4 is 11.1 Å². The molecule has 0 radical (unpaired) electrons. The number of benzene rings is 1. The molecule has 1 saturated heterocycles. The summed E-state index contributed by atoms with van der Waals surface area (Å²) in [5.41, 5.74) is 6.27. The molecule has 1 aromatic carbocycles. The van der Waals surface area contributed by atoms with Crippen molar-refractivity contribution in [3.63, 3.8) is 0 Å². The number of phenols is 1. The molecule has 25 heavy (non-hydrogen) atoms. The molecular formula is C17H23N3O5. The predicted molar refractivity (Wildman–Crippen MR) is 89.8 cm³/mol. The van der Waals surface area contributed by atoms with Gasteiger partial charge in [0.15, 0.2) is 0 Å². The van der Waals surface area contributed by atoms with E-state index < -0.39 is 30.0 Å². The number of likely N-dealkylation sites (tertiary alicyclic amines) is 1. The Labute approximate surface area is 145 Å². The minimum atomic E-state index is -1.16. The van der Waals surface area contributed by atoms with Crippen molar-refractivity contribution in [2.75, 3.05) is 6.54 Å². The molecule has 0 spiro atoms. The molecule has 8 heteroatoms. The van der Waals surface area contributed by atoms with Crippen molar-refractivity contribution < 1.29 is 24.6 Å². The first-order chi connectivity index (χ1) is 11.8. The molecule has 2 amide bonds. The SMILES string of the molecule is CC(N)C(=O)N1CCCC1C(=O)NC(Cc1ccc(O)cc1)C(=O)O. The highest BCUT2D eigenvalue weighted by atomic mass is 16.4. The second-order valence-corrected chi connectivity index (χ2v) is 6.25. The lowest BCUT2D eigenvalue weighted by atomic mass is 10.0. The molecule has 2 rings (SSSR count). The Balaban J connectivity index is 2.05. The van der Waals surface area contributed by atoms with Crippen molar-refractivity contribution in [3.05, 3.63) is 29.8 Å². The van der Waals surface area contributed by atoms with E-state index in [1.807, 2.05) is 0 Å². The maximum absolute atomic E-state index is 12.5. The zero-order chi connectivity index (χ0) is 18.6. The summed E-state index contributed by atoms with van der Waals surface area (Å²) < 4.78 is 0. The van der Waals surface area contributed by atoms with E-state index in [-0.39, 0.29) is 18.1 Å². The smallest absolute Gasteiger partial charge is 0.326 e. The standard InChI is InChI=1S/C17H23N3O5/c1-10(18)16(23)20-8-2-3-14(20)15(22)19-13(17(24)25)9-11-4-6-12(21)7-5-11/h4-7,10,13-14,21H,2-3,8-9,18H2,1H3,(H,19,22)(H,24,25). The van der Waals surface area contributed by atoms with Gasteiger partial charge in [0.1, 0.15) is 17.8 Å². The molecular weight excluding hydrogens is 326 g/mol. The molecule has 0 saturated carbocycles. The molecule has 1 aromatic rings. The largest absolute Gasteiger partial charge is 0.508 e. The lowest BCUT2D eigenvalue weighted by Gasteiger charge is -2.26. The number of carboxylic acids is 1. The first-order valence-corrected chi connectivity index (χ1v) is 8.16. The topological polar surface area (TPSA) is 133 Å². The molecule has 0 bridgehead atoms. The molecule has 3 unspecified atom stereocenters. The van der Waals surface area contributed by atoms with Crippen LogP contribution in [0, 0.1) is 0 Å². The Morgan fingerprint density at radius 1 is 1.32 bits per heavy atom. The average molecular weight is 349 g/mol. The Kier molecular flexibility index (Phi) is 5.97. The molecule has 0 aliphatic carbocycles. The van der Waals surface area contributed by atoms with Gasteiger partial charge in [0.2, 0.25) is 11.8 Å². The van der Waals surface area contributed by atoms with E-state index in [4.69, 9.17) is 5.73 Å². The molecule has 1 fully saturated rings. The van der Waals surface area contributed by atoms with Crippen LogP contribution >= 0.6 is 0 Å². The molecule has 1 aliphatic rings. The molecule has 136 valence electrons. The number of amides is 2. The van der Waals surface area contributed by atoms with E-state index in [2.05, 4.69) is 5.32 Å². The maximum atomic E-state index is 12.5. The van der Waals surface area contributed by atoms with Gasteiger partial charge in [0.25, 0.3) is 0 Å². The van der Waals surface area contributed by atoms with Crippen molar-refractivity contribution in [2.45, 2.75) is 44.3 Å². The second kappa shape index (κ2) is 7.98. The zero-order valence-corrected chi connectivity index (χ0v) is 14.0. The van der Waals surface area contributed by atoms with Gasteiger partial charge in [0, 0.05) is 13.0 Å². The number of hydrogen-bond acceptors (Lipinski definition) is 5. The van der Waals surface area contributed by atoms with Gasteiger partial charge in [0.05, 0.1) is 6.04 Å². The Morgan fingerprint density at radius 3 is 2.52 bits per heavy atom. The van der Waals surface area contributed by atoms with Gasteiger partial charge in [-0.15, -0.1) is 0 Å². The normalized spacial score (nSPS) is 19.3. The van der Waals surface area contributed by atoms with Gasteiger partial charge in [-0.3, -0.25) is 9.59 Å². The fourth-order valence-corrected chi connectivity index (χ4v) is 2.90. The summed E-state index contributed by atoms with van der Waals surface area (Å²) >= 11 is 0. The van der Waals surface area contributed by atoms with Crippen LogP contribution in [0.25, 0.3) is 0 Å². The van der Waals surface area contributed by atoms with Crippen molar-refractivity contribution in [1.29, 1.82) is 0 Å². The number of nitrogens with two attached hydrogens (primary N) is 1. The number of nitrogens with zero attached hydrogens (tertiary/aromatic N) is 1. The number of carbonyl (C=O) groups is 3. The lowest BCUT2D eigenvalue weighted by Crippen LogP contribution is -2.53. The van der Waals surface area contributed by atoms with Crippen LogP contribution in [-0.2, 0) is 20.8 Å². The van der Waals surface area contributed by atoms with E-state index in [0.29, 0.717) is 24.9 Å². The number of aliphatic carboxylic acids is 1. The number of rotatable bonds is 6. The number of carboxylic acid groups (broad SMARTS) is 1. The Hall–Kier alpha value is -2.61. The summed E-state index contributed by atoms with van der Waals surface area (Å²) in [7, 11) is 0. The van der Waals surface area contributed by atoms with E-state index in [1.54, 1.807) is 19.1 Å². The van der Waals surface area contributed by atoms with Crippen LogP contribution in [0.1, 0.15) is 25.3 Å². The van der Waals surface area contributed by atoms with Crippen LogP contribution in [0.2, 0.25) is 0 Å². The van der Waals surface area contributed by atoms with Crippen LogP contribution in [0.3, 0.4) is 0 Å². The van der Waals surface area contributed by atoms with E-state index in [1.165, 1.54) is 17.0 Å². The molecule has 1 aliphatic heterocycles. The minimum Gasteiger partial charge on any atom is -0.508 e. The third-order valence-corrected chi connectivity index (χ3v) is 4.22. The van der Waals surface area contributed by atoms with E-state index >= 15 is 0 Å². The van der Waals surface area contributed by atoms with Crippen molar-refractivity contribution >= 4 is 17.8 Å².